The summed E-state index contributed by atoms with van der Waals surface area (Å²) in [5.74, 6) is 0.745. The highest BCUT2D eigenvalue weighted by Crippen LogP contribution is 2.13. The molecule has 0 aromatic carbocycles. The van der Waals surface area contributed by atoms with Crippen molar-refractivity contribution in [2.24, 2.45) is 0 Å². The highest BCUT2D eigenvalue weighted by atomic mass is 16.6. The van der Waals surface area contributed by atoms with Crippen molar-refractivity contribution in [2.75, 3.05) is 7.11 Å². The number of fused-ring (bicyclic) bond motifs is 1. The normalized spacial score (nSPS) is 10.3. The summed E-state index contributed by atoms with van der Waals surface area (Å²) in [5, 5.41) is 0. The molecule has 11 heavy (non-hydrogen) atoms. The lowest BCUT2D eigenvalue weighted by molar-refractivity contribution is 0.167. The molecule has 0 aromatic rings. The van der Waals surface area contributed by atoms with E-state index in [2.05, 4.69) is 9.97 Å². The Bertz CT molecular complexity index is 331. The van der Waals surface area contributed by atoms with E-state index in [1.54, 1.807) is 18.0 Å². The van der Waals surface area contributed by atoms with Crippen molar-refractivity contribution in [3.8, 4) is 11.5 Å². The first-order valence-electron chi connectivity index (χ1n) is 3.24. The molecule has 2 aliphatic heterocycles. The number of hydrogen-bond donors (Lipinski definition) is 0. The van der Waals surface area contributed by atoms with E-state index in [9.17, 15) is 0 Å². The molecule has 0 aliphatic carbocycles. The molecule has 56 valence electrons. The fourth-order valence-electron chi connectivity index (χ4n) is 0.987. The zero-order valence-electron chi connectivity index (χ0n) is 6.06. The van der Waals surface area contributed by atoms with Gasteiger partial charge in [-0.05, 0) is 12.1 Å². The van der Waals surface area contributed by atoms with Gasteiger partial charge in [-0.1, -0.05) is 0 Å². The lowest BCUT2D eigenvalue weighted by atomic mass is 10.3. The lowest BCUT2D eigenvalue weighted by Gasteiger charge is -2.06. The van der Waals surface area contributed by atoms with E-state index in [1.165, 1.54) is 6.33 Å². The fraction of sp³-hybridized carbons (Fsp3) is 0.143. The summed E-state index contributed by atoms with van der Waals surface area (Å²) in [6, 6.07) is 3.75. The van der Waals surface area contributed by atoms with Crippen molar-refractivity contribution in [2.45, 2.75) is 0 Å². The molecule has 0 spiro atoms. The van der Waals surface area contributed by atoms with Crippen LogP contribution in [0, 0.1) is 0 Å². The Morgan fingerprint density at radius 1 is 1.45 bits per heavy atom. The lowest BCUT2D eigenvalue weighted by Crippen LogP contribution is -2.09. The number of pyridine rings is 1. The topological polar surface area (TPSA) is 39.9 Å². The molecule has 0 radical (unpaired) electrons. The second-order valence-electron chi connectivity index (χ2n) is 2.10. The van der Waals surface area contributed by atoms with Gasteiger partial charge in [-0.3, -0.25) is 0 Å². The van der Waals surface area contributed by atoms with E-state index in [1.807, 2.05) is 12.1 Å². The molecule has 0 bridgehead atoms. The van der Waals surface area contributed by atoms with Crippen LogP contribution in [0.5, 0.6) is 0 Å². The minimum Gasteiger partial charge on any atom is -0.416 e. The van der Waals surface area contributed by atoms with Crippen LogP contribution in [-0.2, 0) is 0 Å². The summed E-state index contributed by atoms with van der Waals surface area (Å²) in [6.45, 7) is 0. The van der Waals surface area contributed by atoms with Gasteiger partial charge in [0.2, 0.25) is 0 Å². The molecule has 4 heteroatoms. The predicted molar refractivity (Wildman–Crippen MR) is 39.1 cm³/mol. The minimum atomic E-state index is 0.745. The van der Waals surface area contributed by atoms with Crippen molar-refractivity contribution >= 4 is 0 Å². The third-order valence-electron chi connectivity index (χ3n) is 1.49. The van der Waals surface area contributed by atoms with Crippen LogP contribution in [0.1, 0.15) is 0 Å². The largest absolute Gasteiger partial charge is 0.416 e. The van der Waals surface area contributed by atoms with E-state index < -0.39 is 0 Å². The Hall–Kier alpha value is -1.58. The second-order valence-corrected chi connectivity index (χ2v) is 2.10. The Balaban J connectivity index is 2.66. The maximum Gasteiger partial charge on any atom is 0.195 e. The smallest absolute Gasteiger partial charge is 0.195 e. The standard InChI is InChI=1S/C7H7N3O/c1-11-10-4-2-3-6-7(10)9-5-8-6/h2-5H,1H3. The second kappa shape index (κ2) is 2.23. The van der Waals surface area contributed by atoms with Crippen molar-refractivity contribution in [3.63, 3.8) is 0 Å². The number of aromatic nitrogens is 3. The van der Waals surface area contributed by atoms with Gasteiger partial charge in [-0.2, -0.15) is 4.73 Å². The van der Waals surface area contributed by atoms with Crippen molar-refractivity contribution in [3.05, 3.63) is 24.7 Å². The quantitative estimate of drug-likeness (QED) is 0.590. The number of rotatable bonds is 1. The molecular formula is C7H7N3O. The SMILES string of the molecule is COn1cccc2ncnc1-2. The maximum atomic E-state index is 5.00. The fourth-order valence-corrected chi connectivity index (χ4v) is 0.987. The van der Waals surface area contributed by atoms with Gasteiger partial charge in [0, 0.05) is 6.20 Å². The first-order chi connectivity index (χ1) is 5.42. The van der Waals surface area contributed by atoms with Gasteiger partial charge < -0.3 is 4.84 Å². The molecule has 2 rings (SSSR count). The van der Waals surface area contributed by atoms with Crippen LogP contribution in [0.25, 0.3) is 11.5 Å². The molecule has 4 nitrogen and oxygen atoms in total. The summed E-state index contributed by atoms with van der Waals surface area (Å²) in [6.07, 6.45) is 3.30. The number of hydrogen-bond acceptors (Lipinski definition) is 3. The molecule has 0 aromatic heterocycles. The van der Waals surface area contributed by atoms with Crippen LogP contribution < -0.4 is 4.84 Å². The molecule has 0 unspecified atom stereocenters. The van der Waals surface area contributed by atoms with Gasteiger partial charge in [0.25, 0.3) is 0 Å². The van der Waals surface area contributed by atoms with E-state index in [0.29, 0.717) is 0 Å². The first-order valence-corrected chi connectivity index (χ1v) is 3.24. The van der Waals surface area contributed by atoms with Crippen LogP contribution in [0.4, 0.5) is 0 Å². The van der Waals surface area contributed by atoms with Crippen LogP contribution in [0.2, 0.25) is 0 Å². The third-order valence-corrected chi connectivity index (χ3v) is 1.49. The van der Waals surface area contributed by atoms with Crippen LogP contribution >= 0.6 is 0 Å². The molecule has 0 saturated heterocycles. The minimum absolute atomic E-state index is 0.745. The van der Waals surface area contributed by atoms with Gasteiger partial charge >= 0.3 is 0 Å². The number of imidazole rings is 1. The molecule has 2 aliphatic rings. The van der Waals surface area contributed by atoms with Crippen molar-refractivity contribution in [1.29, 1.82) is 0 Å². The van der Waals surface area contributed by atoms with Gasteiger partial charge in [0.05, 0.1) is 0 Å². The Morgan fingerprint density at radius 3 is 3.18 bits per heavy atom. The molecule has 0 atom stereocenters. The van der Waals surface area contributed by atoms with E-state index in [0.717, 1.165) is 11.5 Å². The predicted octanol–water partition coefficient (Wildman–Crippen LogP) is 0.441. The van der Waals surface area contributed by atoms with Crippen molar-refractivity contribution in [1.82, 2.24) is 14.7 Å². The molecule has 0 N–H and O–H groups in total. The van der Waals surface area contributed by atoms with Gasteiger partial charge in [-0.15, -0.1) is 0 Å². The van der Waals surface area contributed by atoms with Gasteiger partial charge in [-0.25, -0.2) is 9.97 Å². The van der Waals surface area contributed by atoms with Crippen LogP contribution in [0.15, 0.2) is 24.7 Å². The maximum absolute atomic E-state index is 5.00. The molecule has 2 heterocycles. The van der Waals surface area contributed by atoms with Crippen LogP contribution in [0.3, 0.4) is 0 Å². The van der Waals surface area contributed by atoms with Crippen molar-refractivity contribution < 1.29 is 4.84 Å². The Morgan fingerprint density at radius 2 is 2.36 bits per heavy atom. The summed E-state index contributed by atoms with van der Waals surface area (Å²) in [5.41, 5.74) is 0.842. The Kier molecular flexibility index (Phi) is 1.25. The van der Waals surface area contributed by atoms with Crippen LogP contribution in [-0.4, -0.2) is 21.8 Å². The average molecular weight is 149 g/mol. The highest BCUT2D eigenvalue weighted by molar-refractivity contribution is 5.49. The zero-order chi connectivity index (χ0) is 7.68. The Labute approximate surface area is 63.8 Å². The van der Waals surface area contributed by atoms with Gasteiger partial charge in [0.1, 0.15) is 19.1 Å². The zero-order valence-corrected chi connectivity index (χ0v) is 6.06. The third kappa shape index (κ3) is 0.832. The van der Waals surface area contributed by atoms with E-state index in [4.69, 9.17) is 4.84 Å². The first kappa shape index (κ1) is 6.15. The van der Waals surface area contributed by atoms with Gasteiger partial charge in [0.15, 0.2) is 5.82 Å². The molecular weight excluding hydrogens is 142 g/mol. The summed E-state index contributed by atoms with van der Waals surface area (Å²) < 4.78 is 1.57. The van der Waals surface area contributed by atoms with E-state index >= 15 is 0 Å². The summed E-state index contributed by atoms with van der Waals surface area (Å²) in [4.78, 5) is 13.0. The van der Waals surface area contributed by atoms with E-state index in [-0.39, 0.29) is 0 Å². The highest BCUT2D eigenvalue weighted by Gasteiger charge is 2.07. The summed E-state index contributed by atoms with van der Waals surface area (Å²) in [7, 11) is 1.59. The summed E-state index contributed by atoms with van der Waals surface area (Å²) >= 11 is 0. The number of nitrogens with zero attached hydrogens (tertiary/aromatic N) is 3. The molecule has 0 fully saturated rings. The monoisotopic (exact) mass is 149 g/mol. The average Bonchev–Trinajstić information content (AvgIpc) is 2.50. The molecule has 0 saturated carbocycles. The molecule has 0 amide bonds.